The van der Waals surface area contributed by atoms with Gasteiger partial charge < -0.3 is 23.7 Å². The van der Waals surface area contributed by atoms with Crippen LogP contribution in [-0.2, 0) is 23.7 Å². The molecule has 3 heterocycles. The van der Waals surface area contributed by atoms with Crippen LogP contribution < -0.4 is 0 Å². The molecule has 3 aliphatic rings. The number of ether oxygens (including phenoxy) is 5. The molecule has 5 heteroatoms. The Hall–Kier alpha value is -0.200. The second-order valence-electron chi connectivity index (χ2n) is 4.03. The predicted molar refractivity (Wildman–Crippen MR) is 49.8 cm³/mol. The van der Waals surface area contributed by atoms with Gasteiger partial charge in [0.15, 0.2) is 0 Å². The highest BCUT2D eigenvalue weighted by molar-refractivity contribution is 4.92. The molecule has 0 aromatic rings. The minimum absolute atomic E-state index is 0.00421. The van der Waals surface area contributed by atoms with Crippen LogP contribution in [0.5, 0.6) is 0 Å². The van der Waals surface area contributed by atoms with Gasteiger partial charge in [-0.05, 0) is 0 Å². The van der Waals surface area contributed by atoms with Crippen molar-refractivity contribution in [3.05, 3.63) is 0 Å². The number of rotatable bonds is 1. The summed E-state index contributed by atoms with van der Waals surface area (Å²) in [6, 6.07) is 0. The topological polar surface area (TPSA) is 46.2 Å². The fraction of sp³-hybridized carbons (Fsp3) is 1.00. The van der Waals surface area contributed by atoms with Crippen LogP contribution in [0.15, 0.2) is 0 Å². The molecule has 3 rings (SSSR count). The van der Waals surface area contributed by atoms with E-state index in [4.69, 9.17) is 23.7 Å². The van der Waals surface area contributed by atoms with Crippen molar-refractivity contribution in [2.24, 2.45) is 0 Å². The van der Waals surface area contributed by atoms with Crippen molar-refractivity contribution in [2.45, 2.75) is 24.4 Å². The summed E-state index contributed by atoms with van der Waals surface area (Å²) >= 11 is 0. The molecule has 0 bridgehead atoms. The van der Waals surface area contributed by atoms with E-state index in [0.717, 1.165) is 0 Å². The summed E-state index contributed by atoms with van der Waals surface area (Å²) in [6.07, 6.45) is 0.0609. The fourth-order valence-corrected chi connectivity index (χ4v) is 2.35. The Morgan fingerprint density at radius 2 is 1.27 bits per heavy atom. The zero-order chi connectivity index (χ0) is 10.1. The van der Waals surface area contributed by atoms with E-state index in [2.05, 4.69) is 0 Å². The van der Waals surface area contributed by atoms with Gasteiger partial charge in [-0.3, -0.25) is 0 Å². The number of hydrogen-bond acceptors (Lipinski definition) is 5. The van der Waals surface area contributed by atoms with Crippen molar-refractivity contribution >= 4 is 0 Å². The predicted octanol–water partition coefficient (Wildman–Crippen LogP) is -0.415. The summed E-state index contributed by atoms with van der Waals surface area (Å²) in [5.74, 6) is 0. The summed E-state index contributed by atoms with van der Waals surface area (Å²) in [5.41, 5.74) is 0. The van der Waals surface area contributed by atoms with Crippen LogP contribution in [0.1, 0.15) is 0 Å². The van der Waals surface area contributed by atoms with Crippen molar-refractivity contribution in [3.63, 3.8) is 0 Å². The first-order valence-corrected chi connectivity index (χ1v) is 5.49. The van der Waals surface area contributed by atoms with E-state index in [1.807, 2.05) is 0 Å². The molecule has 5 nitrogen and oxygen atoms in total. The molecule has 3 aliphatic heterocycles. The molecule has 0 aliphatic carbocycles. The van der Waals surface area contributed by atoms with Crippen LogP contribution >= 0.6 is 0 Å². The van der Waals surface area contributed by atoms with Crippen LogP contribution in [0.25, 0.3) is 0 Å². The largest absolute Gasteiger partial charge is 0.376 e. The lowest BCUT2D eigenvalue weighted by Gasteiger charge is -2.33. The third-order valence-corrected chi connectivity index (χ3v) is 3.08. The Morgan fingerprint density at radius 1 is 0.600 bits per heavy atom. The summed E-state index contributed by atoms with van der Waals surface area (Å²) in [5, 5.41) is 0. The molecule has 0 unspecified atom stereocenters. The average molecular weight is 216 g/mol. The Bertz CT molecular complexity index is 216. The Morgan fingerprint density at radius 3 is 2.13 bits per heavy atom. The molecule has 4 atom stereocenters. The second-order valence-corrected chi connectivity index (χ2v) is 4.03. The lowest BCUT2D eigenvalue weighted by Crippen LogP contribution is -2.49. The van der Waals surface area contributed by atoms with E-state index in [-0.39, 0.29) is 24.4 Å². The maximum absolute atomic E-state index is 5.68. The van der Waals surface area contributed by atoms with Crippen LogP contribution in [0.3, 0.4) is 0 Å². The molecule has 0 aromatic carbocycles. The smallest absolute Gasteiger partial charge is 0.115 e. The van der Waals surface area contributed by atoms with Gasteiger partial charge >= 0.3 is 0 Å². The molecule has 3 fully saturated rings. The second kappa shape index (κ2) is 4.35. The summed E-state index contributed by atoms with van der Waals surface area (Å²) < 4.78 is 27.9. The Kier molecular flexibility index (Phi) is 2.90. The molecule has 0 aromatic heterocycles. The van der Waals surface area contributed by atoms with E-state index < -0.39 is 0 Å². The first kappa shape index (κ1) is 9.99. The van der Waals surface area contributed by atoms with Crippen LogP contribution in [-0.4, -0.2) is 64.1 Å². The van der Waals surface area contributed by atoms with Gasteiger partial charge in [0.25, 0.3) is 0 Å². The Balaban J connectivity index is 1.65. The van der Waals surface area contributed by atoms with E-state index in [9.17, 15) is 0 Å². The van der Waals surface area contributed by atoms with Crippen molar-refractivity contribution < 1.29 is 23.7 Å². The monoisotopic (exact) mass is 216 g/mol. The third-order valence-electron chi connectivity index (χ3n) is 3.08. The molecule has 86 valence electrons. The molecular formula is C10H16O5. The first-order valence-electron chi connectivity index (χ1n) is 5.49. The summed E-state index contributed by atoms with van der Waals surface area (Å²) in [6.45, 7) is 3.83. The lowest BCUT2D eigenvalue weighted by atomic mass is 10.1. The maximum atomic E-state index is 5.68. The molecule has 3 saturated heterocycles. The lowest BCUT2D eigenvalue weighted by molar-refractivity contribution is -0.176. The summed E-state index contributed by atoms with van der Waals surface area (Å²) in [4.78, 5) is 0. The van der Waals surface area contributed by atoms with Gasteiger partial charge in [-0.1, -0.05) is 0 Å². The number of fused-ring (bicyclic) bond motifs is 1. The van der Waals surface area contributed by atoms with Gasteiger partial charge in [-0.25, -0.2) is 0 Å². The van der Waals surface area contributed by atoms with E-state index >= 15 is 0 Å². The highest BCUT2D eigenvalue weighted by Crippen LogP contribution is 2.27. The molecular weight excluding hydrogens is 200 g/mol. The molecule has 0 N–H and O–H groups in total. The van der Waals surface area contributed by atoms with Gasteiger partial charge in [0.1, 0.15) is 24.4 Å². The molecule has 0 amide bonds. The quantitative estimate of drug-likeness (QED) is 0.596. The van der Waals surface area contributed by atoms with Crippen LogP contribution in [0.2, 0.25) is 0 Å². The first-order chi connectivity index (χ1) is 7.45. The van der Waals surface area contributed by atoms with Crippen molar-refractivity contribution in [1.29, 1.82) is 0 Å². The average Bonchev–Trinajstić information content (AvgIpc) is 2.74. The normalized spacial score (nSPS) is 46.4. The highest BCUT2D eigenvalue weighted by atomic mass is 16.6. The van der Waals surface area contributed by atoms with Crippen LogP contribution in [0, 0.1) is 0 Å². The van der Waals surface area contributed by atoms with Gasteiger partial charge in [0.2, 0.25) is 0 Å². The number of hydrogen-bond donors (Lipinski definition) is 0. The zero-order valence-corrected chi connectivity index (χ0v) is 8.59. The molecule has 0 radical (unpaired) electrons. The summed E-state index contributed by atoms with van der Waals surface area (Å²) in [7, 11) is 0. The standard InChI is InChI=1S/C10H16O5/c1-2-12-7(5-11-1)10-9-8(6-15-10)13-3-4-14-9/h7-10H,1-6H2/t7-,8+,9+,10+/m0/s1. The van der Waals surface area contributed by atoms with Crippen molar-refractivity contribution in [3.8, 4) is 0 Å². The minimum atomic E-state index is -0.0319. The molecule has 15 heavy (non-hydrogen) atoms. The molecule has 0 spiro atoms. The van der Waals surface area contributed by atoms with Crippen LogP contribution in [0.4, 0.5) is 0 Å². The van der Waals surface area contributed by atoms with Gasteiger partial charge in [-0.15, -0.1) is 0 Å². The van der Waals surface area contributed by atoms with Gasteiger partial charge in [-0.2, -0.15) is 0 Å². The zero-order valence-electron chi connectivity index (χ0n) is 8.59. The van der Waals surface area contributed by atoms with E-state index in [0.29, 0.717) is 39.6 Å². The van der Waals surface area contributed by atoms with Crippen molar-refractivity contribution in [1.82, 2.24) is 0 Å². The molecule has 0 saturated carbocycles. The SMILES string of the molecule is C1CO[C@H]([C@H]2OC[C@H]3OCCO[C@@H]23)CO1. The Labute approximate surface area is 88.6 Å². The van der Waals surface area contributed by atoms with E-state index in [1.54, 1.807) is 0 Å². The van der Waals surface area contributed by atoms with E-state index in [1.165, 1.54) is 0 Å². The third kappa shape index (κ3) is 1.90. The highest BCUT2D eigenvalue weighted by Gasteiger charge is 2.45. The van der Waals surface area contributed by atoms with Gasteiger partial charge in [0.05, 0.1) is 39.6 Å². The van der Waals surface area contributed by atoms with Gasteiger partial charge in [0, 0.05) is 0 Å². The maximum Gasteiger partial charge on any atom is 0.115 e. The minimum Gasteiger partial charge on any atom is -0.376 e. The fourth-order valence-electron chi connectivity index (χ4n) is 2.35. The van der Waals surface area contributed by atoms with Crippen molar-refractivity contribution in [2.75, 3.05) is 39.6 Å².